The van der Waals surface area contributed by atoms with E-state index in [0.29, 0.717) is 37.4 Å². The molecule has 1 saturated heterocycles. The van der Waals surface area contributed by atoms with Crippen molar-refractivity contribution in [1.82, 2.24) is 0 Å². The Kier molecular flexibility index (Phi) is 6.18. The third-order valence-corrected chi connectivity index (χ3v) is 5.67. The summed E-state index contributed by atoms with van der Waals surface area (Å²) in [6, 6.07) is 6.01. The second kappa shape index (κ2) is 8.31. The van der Waals surface area contributed by atoms with Crippen molar-refractivity contribution in [1.29, 1.82) is 0 Å². The first-order chi connectivity index (χ1) is 13.6. The third kappa shape index (κ3) is 5.27. The number of ether oxygens (including phenoxy) is 3. The van der Waals surface area contributed by atoms with Crippen LogP contribution in [0.25, 0.3) is 5.57 Å². The number of carbonyl (C=O) groups is 2. The van der Waals surface area contributed by atoms with E-state index in [0.717, 1.165) is 29.5 Å². The highest BCUT2D eigenvalue weighted by Gasteiger charge is 2.43. The van der Waals surface area contributed by atoms with E-state index >= 15 is 0 Å². The number of carbonyl (C=O) groups excluding carboxylic acids is 2. The van der Waals surface area contributed by atoms with Crippen molar-refractivity contribution >= 4 is 17.5 Å². The second-order valence-electron chi connectivity index (χ2n) is 9.71. The third-order valence-electron chi connectivity index (χ3n) is 5.67. The van der Waals surface area contributed by atoms with E-state index in [1.54, 1.807) is 0 Å². The zero-order chi connectivity index (χ0) is 21.2. The smallest absolute Gasteiger partial charge is 0.433 e. The van der Waals surface area contributed by atoms with E-state index in [4.69, 9.17) is 14.2 Å². The summed E-state index contributed by atoms with van der Waals surface area (Å²) in [5.41, 5.74) is 3.06. The van der Waals surface area contributed by atoms with Crippen LogP contribution in [0.1, 0.15) is 63.1 Å². The quantitative estimate of drug-likeness (QED) is 0.638. The lowest BCUT2D eigenvalue weighted by atomic mass is 9.67. The largest absolute Gasteiger partial charge is 0.513 e. The summed E-state index contributed by atoms with van der Waals surface area (Å²) in [6.07, 6.45) is 1.86. The number of rotatable bonds is 3. The number of Topliss-reactive ketones (excluding diaryl/α,β-unsaturated/α-hetero) is 1. The van der Waals surface area contributed by atoms with Gasteiger partial charge in [-0.2, -0.15) is 0 Å². The standard InChI is InChI=1S/C24H32O5/c1-16-6-7-17(2)18(12-16)21-19(25)13-24(8-10-27-11-9-24)14-20(21)29-22(26)28-15-23(3,4)5/h6-7,12H,8-11,13-15H2,1-5H3. The summed E-state index contributed by atoms with van der Waals surface area (Å²) in [4.78, 5) is 25.8. The maximum atomic E-state index is 13.3. The Morgan fingerprint density at radius 3 is 2.48 bits per heavy atom. The van der Waals surface area contributed by atoms with Gasteiger partial charge in [0.25, 0.3) is 0 Å². The van der Waals surface area contributed by atoms with Crippen molar-refractivity contribution < 1.29 is 23.8 Å². The molecule has 1 aliphatic heterocycles. The van der Waals surface area contributed by atoms with Crippen molar-refractivity contribution in [3.05, 3.63) is 40.6 Å². The molecule has 0 N–H and O–H groups in total. The molecule has 0 amide bonds. The van der Waals surface area contributed by atoms with E-state index in [1.807, 2.05) is 52.8 Å². The molecule has 3 rings (SSSR count). The van der Waals surface area contributed by atoms with Crippen molar-refractivity contribution in [3.63, 3.8) is 0 Å². The van der Waals surface area contributed by atoms with Crippen molar-refractivity contribution in [3.8, 4) is 0 Å². The van der Waals surface area contributed by atoms with E-state index < -0.39 is 6.16 Å². The molecular formula is C24H32O5. The summed E-state index contributed by atoms with van der Waals surface area (Å²) in [5, 5.41) is 0. The van der Waals surface area contributed by atoms with E-state index in [-0.39, 0.29) is 23.2 Å². The van der Waals surface area contributed by atoms with Gasteiger partial charge in [-0.3, -0.25) is 4.79 Å². The molecule has 0 bridgehead atoms. The first-order valence-corrected chi connectivity index (χ1v) is 10.3. The van der Waals surface area contributed by atoms with Crippen LogP contribution in [0.2, 0.25) is 0 Å². The Labute approximate surface area is 173 Å². The molecule has 0 saturated carbocycles. The van der Waals surface area contributed by atoms with Gasteiger partial charge in [-0.05, 0) is 48.6 Å². The first-order valence-electron chi connectivity index (χ1n) is 10.3. The maximum absolute atomic E-state index is 13.3. The molecular weight excluding hydrogens is 368 g/mol. The number of allylic oxidation sites excluding steroid dienone is 2. The van der Waals surface area contributed by atoms with Gasteiger partial charge in [-0.1, -0.05) is 44.5 Å². The molecule has 0 atom stereocenters. The summed E-state index contributed by atoms with van der Waals surface area (Å²) in [7, 11) is 0. The molecule has 158 valence electrons. The number of hydrogen-bond donors (Lipinski definition) is 0. The monoisotopic (exact) mass is 400 g/mol. The highest BCUT2D eigenvalue weighted by atomic mass is 16.7. The molecule has 5 heteroatoms. The van der Waals surface area contributed by atoms with Crippen molar-refractivity contribution in [2.24, 2.45) is 10.8 Å². The van der Waals surface area contributed by atoms with E-state index in [9.17, 15) is 9.59 Å². The maximum Gasteiger partial charge on any atom is 0.513 e. The van der Waals surface area contributed by atoms with Gasteiger partial charge in [-0.25, -0.2) is 4.79 Å². The molecule has 0 unspecified atom stereocenters. The minimum Gasteiger partial charge on any atom is -0.433 e. The van der Waals surface area contributed by atoms with Crippen LogP contribution in [0.5, 0.6) is 0 Å². The summed E-state index contributed by atoms with van der Waals surface area (Å²) < 4.78 is 16.5. The number of hydrogen-bond acceptors (Lipinski definition) is 5. The van der Waals surface area contributed by atoms with E-state index in [1.165, 1.54) is 0 Å². The predicted molar refractivity (Wildman–Crippen MR) is 111 cm³/mol. The van der Waals surface area contributed by atoms with Crippen LogP contribution >= 0.6 is 0 Å². The van der Waals surface area contributed by atoms with Crippen molar-refractivity contribution in [2.45, 2.75) is 60.3 Å². The minimum absolute atomic E-state index is 0.0328. The van der Waals surface area contributed by atoms with Gasteiger partial charge in [0.05, 0.1) is 12.2 Å². The van der Waals surface area contributed by atoms with Gasteiger partial charge in [0.2, 0.25) is 0 Å². The molecule has 1 aromatic rings. The molecule has 29 heavy (non-hydrogen) atoms. The van der Waals surface area contributed by atoms with Crippen LogP contribution in [0.15, 0.2) is 24.0 Å². The van der Waals surface area contributed by atoms with Gasteiger partial charge < -0.3 is 14.2 Å². The highest BCUT2D eigenvalue weighted by molar-refractivity contribution is 6.22. The summed E-state index contributed by atoms with van der Waals surface area (Å²) >= 11 is 0. The molecule has 1 heterocycles. The van der Waals surface area contributed by atoms with Gasteiger partial charge in [0.15, 0.2) is 5.78 Å². The number of benzene rings is 1. The minimum atomic E-state index is -0.741. The second-order valence-corrected chi connectivity index (χ2v) is 9.71. The van der Waals surface area contributed by atoms with Crippen LogP contribution in [-0.4, -0.2) is 31.8 Å². The Morgan fingerprint density at radius 2 is 1.83 bits per heavy atom. The Morgan fingerprint density at radius 1 is 1.14 bits per heavy atom. The van der Waals surface area contributed by atoms with Gasteiger partial charge >= 0.3 is 6.16 Å². The first kappa shape index (κ1) is 21.6. The van der Waals surface area contributed by atoms with Crippen LogP contribution in [0.3, 0.4) is 0 Å². The van der Waals surface area contributed by atoms with Gasteiger partial charge in [0, 0.05) is 26.1 Å². The molecule has 1 aliphatic carbocycles. The van der Waals surface area contributed by atoms with Gasteiger partial charge in [-0.15, -0.1) is 0 Å². The number of ketones is 1. The molecule has 1 spiro atoms. The average Bonchev–Trinajstić information content (AvgIpc) is 2.62. The molecule has 1 fully saturated rings. The lowest BCUT2D eigenvalue weighted by Crippen LogP contribution is -2.37. The summed E-state index contributed by atoms with van der Waals surface area (Å²) in [6.45, 7) is 11.5. The molecule has 0 radical (unpaired) electrons. The Hall–Kier alpha value is -2.14. The molecule has 1 aromatic carbocycles. The fraction of sp³-hybridized carbons (Fsp3) is 0.583. The zero-order valence-corrected chi connectivity index (χ0v) is 18.2. The summed E-state index contributed by atoms with van der Waals surface area (Å²) in [5.74, 6) is 0.473. The van der Waals surface area contributed by atoms with E-state index in [2.05, 4.69) is 0 Å². The van der Waals surface area contributed by atoms with Crippen molar-refractivity contribution in [2.75, 3.05) is 19.8 Å². The fourth-order valence-electron chi connectivity index (χ4n) is 4.03. The van der Waals surface area contributed by atoms with Crippen LogP contribution in [0, 0.1) is 24.7 Å². The predicted octanol–water partition coefficient (Wildman–Crippen LogP) is 5.37. The van der Waals surface area contributed by atoms with Crippen LogP contribution in [-0.2, 0) is 19.0 Å². The fourth-order valence-corrected chi connectivity index (χ4v) is 4.03. The molecule has 0 aromatic heterocycles. The highest BCUT2D eigenvalue weighted by Crippen LogP contribution is 2.47. The molecule has 2 aliphatic rings. The zero-order valence-electron chi connectivity index (χ0n) is 18.2. The Bertz CT molecular complexity index is 822. The topological polar surface area (TPSA) is 61.8 Å². The Balaban J connectivity index is 1.97. The molecule has 5 nitrogen and oxygen atoms in total. The normalized spacial score (nSPS) is 19.4. The lowest BCUT2D eigenvalue weighted by Gasteiger charge is -2.40. The van der Waals surface area contributed by atoms with Crippen LogP contribution < -0.4 is 0 Å². The SMILES string of the molecule is Cc1ccc(C)c(C2=C(OC(=O)OCC(C)(C)C)CC3(CCOCC3)CC2=O)c1. The lowest BCUT2D eigenvalue weighted by molar-refractivity contribution is -0.119. The van der Waals surface area contributed by atoms with Gasteiger partial charge in [0.1, 0.15) is 5.76 Å². The average molecular weight is 401 g/mol. The number of aryl methyl sites for hydroxylation is 2. The van der Waals surface area contributed by atoms with Crippen LogP contribution in [0.4, 0.5) is 4.79 Å².